The van der Waals surface area contributed by atoms with E-state index in [1.54, 1.807) is 11.3 Å². The lowest BCUT2D eigenvalue weighted by atomic mass is 10.3. The first-order chi connectivity index (χ1) is 9.19. The van der Waals surface area contributed by atoms with E-state index >= 15 is 0 Å². The maximum Gasteiger partial charge on any atom is 0.277 e. The summed E-state index contributed by atoms with van der Waals surface area (Å²) in [6.07, 6.45) is 0. The minimum atomic E-state index is -0.0709. The summed E-state index contributed by atoms with van der Waals surface area (Å²) in [5.74, 6) is 0.537. The summed E-state index contributed by atoms with van der Waals surface area (Å²) in [7, 11) is 0. The molecule has 2 rings (SSSR count). The Bertz CT molecular complexity index is 527. The monoisotopic (exact) mass is 298 g/mol. The molecule has 1 amide bonds. The molecule has 0 saturated heterocycles. The van der Waals surface area contributed by atoms with Crippen LogP contribution in [0.2, 0.25) is 0 Å². The van der Waals surface area contributed by atoms with Crippen molar-refractivity contribution in [2.45, 2.75) is 24.7 Å². The van der Waals surface area contributed by atoms with Crippen LogP contribution in [0.15, 0.2) is 27.2 Å². The lowest BCUT2D eigenvalue weighted by Crippen LogP contribution is -2.27. The van der Waals surface area contributed by atoms with Crippen LogP contribution in [0.1, 0.15) is 23.7 Å². The molecular weight excluding hydrogens is 284 g/mol. The zero-order valence-electron chi connectivity index (χ0n) is 10.3. The molecule has 19 heavy (non-hydrogen) atoms. The smallest absolute Gasteiger partial charge is 0.277 e. The second kappa shape index (κ2) is 6.69. The molecule has 3 N–H and O–H groups in total. The number of thioether (sulfide) groups is 1. The molecule has 2 aromatic rings. The number of carbonyl (C=O) groups is 1. The van der Waals surface area contributed by atoms with Crippen molar-refractivity contribution < 1.29 is 9.21 Å². The number of nitrogens with two attached hydrogens (primary N) is 1. The van der Waals surface area contributed by atoms with E-state index in [-0.39, 0.29) is 24.2 Å². The largest absolute Gasteiger partial charge is 0.415 e. The molecule has 102 valence electrons. The van der Waals surface area contributed by atoms with Gasteiger partial charge in [0.2, 0.25) is 11.8 Å². The van der Waals surface area contributed by atoms with Crippen LogP contribution < -0.4 is 11.1 Å². The molecule has 1 unspecified atom stereocenters. The van der Waals surface area contributed by atoms with E-state index in [2.05, 4.69) is 15.5 Å². The van der Waals surface area contributed by atoms with Gasteiger partial charge in [-0.2, -0.15) is 0 Å². The molecule has 8 heteroatoms. The molecular formula is C11H14N4O2S2. The molecule has 0 radical (unpaired) electrons. The number of nitrogens with one attached hydrogen (secondary N) is 1. The van der Waals surface area contributed by atoms with Gasteiger partial charge < -0.3 is 15.5 Å². The molecule has 2 aromatic heterocycles. The summed E-state index contributed by atoms with van der Waals surface area (Å²) in [5.41, 5.74) is 5.36. The third kappa shape index (κ3) is 4.05. The molecule has 0 saturated carbocycles. The highest BCUT2D eigenvalue weighted by atomic mass is 32.2. The van der Waals surface area contributed by atoms with E-state index in [1.165, 1.54) is 11.8 Å². The Morgan fingerprint density at radius 2 is 2.47 bits per heavy atom. The van der Waals surface area contributed by atoms with Crippen LogP contribution in [-0.2, 0) is 11.3 Å². The van der Waals surface area contributed by atoms with Crippen LogP contribution in [0.3, 0.4) is 0 Å². The predicted molar refractivity (Wildman–Crippen MR) is 73.8 cm³/mol. The molecule has 6 nitrogen and oxygen atoms in total. The van der Waals surface area contributed by atoms with E-state index in [9.17, 15) is 4.79 Å². The highest BCUT2D eigenvalue weighted by Gasteiger charge is 2.12. The summed E-state index contributed by atoms with van der Waals surface area (Å²) < 4.78 is 5.20. The number of thiophene rings is 1. The number of hydrogen-bond acceptors (Lipinski definition) is 7. The van der Waals surface area contributed by atoms with Gasteiger partial charge in [0.25, 0.3) is 5.22 Å². The van der Waals surface area contributed by atoms with E-state index in [4.69, 9.17) is 10.2 Å². The van der Waals surface area contributed by atoms with Gasteiger partial charge in [0.05, 0.1) is 18.3 Å². The quantitative estimate of drug-likeness (QED) is 0.786. The minimum Gasteiger partial charge on any atom is -0.415 e. The van der Waals surface area contributed by atoms with Gasteiger partial charge in [0, 0.05) is 4.88 Å². The molecule has 0 fully saturated rings. The highest BCUT2D eigenvalue weighted by Crippen LogP contribution is 2.19. The molecule has 1 atom stereocenters. The van der Waals surface area contributed by atoms with Crippen LogP contribution in [0, 0.1) is 0 Å². The van der Waals surface area contributed by atoms with Gasteiger partial charge >= 0.3 is 0 Å². The van der Waals surface area contributed by atoms with Crippen molar-refractivity contribution in [3.05, 3.63) is 28.3 Å². The Hall–Kier alpha value is -1.38. The van der Waals surface area contributed by atoms with Crippen molar-refractivity contribution in [2.75, 3.05) is 5.75 Å². The van der Waals surface area contributed by atoms with Crippen molar-refractivity contribution in [1.29, 1.82) is 0 Å². The van der Waals surface area contributed by atoms with Gasteiger partial charge in [0.1, 0.15) is 0 Å². The maximum absolute atomic E-state index is 11.8. The summed E-state index contributed by atoms with van der Waals surface area (Å²) >= 11 is 2.82. The van der Waals surface area contributed by atoms with Crippen molar-refractivity contribution in [3.8, 4) is 0 Å². The zero-order chi connectivity index (χ0) is 13.7. The standard InChI is InChI=1S/C11H14N4O2S2/c1-7(8-3-2-4-18-8)13-9(16)6-19-11-15-14-10(5-12)17-11/h2-4,7H,5-6,12H2,1H3,(H,13,16). The van der Waals surface area contributed by atoms with Crippen molar-refractivity contribution in [1.82, 2.24) is 15.5 Å². The fraction of sp³-hybridized carbons (Fsp3) is 0.364. The molecule has 0 aromatic carbocycles. The topological polar surface area (TPSA) is 94.0 Å². The normalized spacial score (nSPS) is 12.3. The Morgan fingerprint density at radius 3 is 3.11 bits per heavy atom. The fourth-order valence-corrected chi connectivity index (χ4v) is 2.72. The Balaban J connectivity index is 1.78. The Morgan fingerprint density at radius 1 is 1.63 bits per heavy atom. The molecule has 0 bridgehead atoms. The van der Waals surface area contributed by atoms with E-state index in [0.717, 1.165) is 4.88 Å². The molecule has 0 aliphatic rings. The predicted octanol–water partition coefficient (Wildman–Crippen LogP) is 1.56. The molecule has 2 heterocycles. The number of amides is 1. The Labute approximate surface area is 118 Å². The number of carbonyl (C=O) groups excluding carboxylic acids is 1. The summed E-state index contributed by atoms with van der Waals surface area (Å²) in [6.45, 7) is 2.16. The maximum atomic E-state index is 11.8. The average Bonchev–Trinajstić information content (AvgIpc) is 3.07. The van der Waals surface area contributed by atoms with Crippen LogP contribution in [0.25, 0.3) is 0 Å². The Kier molecular flexibility index (Phi) is 4.94. The van der Waals surface area contributed by atoms with Crippen LogP contribution in [0.5, 0.6) is 0 Å². The third-order valence-corrected chi connectivity index (χ3v) is 4.17. The number of nitrogens with zero attached hydrogens (tertiary/aromatic N) is 2. The van der Waals surface area contributed by atoms with E-state index < -0.39 is 0 Å². The van der Waals surface area contributed by atoms with Gasteiger partial charge in [-0.1, -0.05) is 17.8 Å². The summed E-state index contributed by atoms with van der Waals surface area (Å²) in [4.78, 5) is 12.9. The van der Waals surface area contributed by atoms with Gasteiger partial charge in [-0.05, 0) is 18.4 Å². The number of aromatic nitrogens is 2. The van der Waals surface area contributed by atoms with Gasteiger partial charge in [-0.25, -0.2) is 0 Å². The molecule has 0 aliphatic carbocycles. The van der Waals surface area contributed by atoms with Gasteiger partial charge in [-0.3, -0.25) is 4.79 Å². The van der Waals surface area contributed by atoms with Crippen LogP contribution >= 0.6 is 23.1 Å². The van der Waals surface area contributed by atoms with Crippen LogP contribution in [0.4, 0.5) is 0 Å². The van der Waals surface area contributed by atoms with Crippen molar-refractivity contribution in [3.63, 3.8) is 0 Å². The summed E-state index contributed by atoms with van der Waals surface area (Å²) in [5, 5.41) is 12.8. The van der Waals surface area contributed by atoms with Crippen LogP contribution in [-0.4, -0.2) is 21.9 Å². The first-order valence-corrected chi connectivity index (χ1v) is 7.53. The van der Waals surface area contributed by atoms with Crippen molar-refractivity contribution >= 4 is 29.0 Å². The minimum absolute atomic E-state index is 0.00962. The third-order valence-electron chi connectivity index (χ3n) is 2.30. The zero-order valence-corrected chi connectivity index (χ0v) is 12.0. The fourth-order valence-electron chi connectivity index (χ4n) is 1.40. The number of hydrogen-bond donors (Lipinski definition) is 2. The van der Waals surface area contributed by atoms with Crippen molar-refractivity contribution in [2.24, 2.45) is 5.73 Å². The van der Waals surface area contributed by atoms with Gasteiger partial charge in [0.15, 0.2) is 0 Å². The SMILES string of the molecule is CC(NC(=O)CSc1nnc(CN)o1)c1cccs1. The summed E-state index contributed by atoms with van der Waals surface area (Å²) in [6, 6.07) is 3.97. The van der Waals surface area contributed by atoms with E-state index in [0.29, 0.717) is 11.1 Å². The molecule has 0 spiro atoms. The highest BCUT2D eigenvalue weighted by molar-refractivity contribution is 7.99. The second-order valence-electron chi connectivity index (χ2n) is 3.76. The first kappa shape index (κ1) is 14.0. The first-order valence-electron chi connectivity index (χ1n) is 5.67. The second-order valence-corrected chi connectivity index (χ2v) is 5.66. The molecule has 0 aliphatic heterocycles. The average molecular weight is 298 g/mol. The number of rotatable bonds is 6. The van der Waals surface area contributed by atoms with Gasteiger partial charge in [-0.15, -0.1) is 21.5 Å². The lowest BCUT2D eigenvalue weighted by Gasteiger charge is -2.11. The lowest BCUT2D eigenvalue weighted by molar-refractivity contribution is -0.119. The van der Waals surface area contributed by atoms with E-state index in [1.807, 2.05) is 24.4 Å².